The smallest absolute Gasteiger partial charge is 0.322 e. The van der Waals surface area contributed by atoms with Crippen LogP contribution in [0.25, 0.3) is 11.1 Å². The van der Waals surface area contributed by atoms with Crippen LogP contribution in [0.1, 0.15) is 43.2 Å². The maximum Gasteiger partial charge on any atom is 0.322 e. The Balaban J connectivity index is 1.16. The molecule has 2 heterocycles. The van der Waals surface area contributed by atoms with Crippen molar-refractivity contribution >= 4 is 23.3 Å². The highest BCUT2D eigenvalue weighted by molar-refractivity contribution is 5.92. The molecule has 3 aromatic rings. The van der Waals surface area contributed by atoms with Gasteiger partial charge in [-0.25, -0.2) is 4.79 Å². The summed E-state index contributed by atoms with van der Waals surface area (Å²) in [5, 5.41) is 5.94. The van der Waals surface area contributed by atoms with Gasteiger partial charge >= 0.3 is 6.03 Å². The molecule has 6 nitrogen and oxygen atoms in total. The van der Waals surface area contributed by atoms with Crippen molar-refractivity contribution in [3.05, 3.63) is 78.1 Å². The Morgan fingerprint density at radius 2 is 1.61 bits per heavy atom. The average molecular weight is 441 g/mol. The molecule has 0 unspecified atom stereocenters. The van der Waals surface area contributed by atoms with E-state index < -0.39 is 0 Å². The molecular weight excluding hydrogens is 412 g/mol. The van der Waals surface area contributed by atoms with Crippen LogP contribution in [0.5, 0.6) is 0 Å². The van der Waals surface area contributed by atoms with E-state index in [1.165, 1.54) is 12.8 Å². The van der Waals surface area contributed by atoms with Crippen molar-refractivity contribution in [2.75, 3.05) is 10.6 Å². The lowest BCUT2D eigenvalue weighted by atomic mass is 10.0. The Morgan fingerprint density at radius 3 is 2.33 bits per heavy atom. The molecule has 168 valence electrons. The lowest BCUT2D eigenvalue weighted by Gasteiger charge is -2.16. The van der Waals surface area contributed by atoms with Crippen LogP contribution in [0.15, 0.2) is 67.0 Å². The maximum absolute atomic E-state index is 12.8. The number of hydrogen-bond acceptors (Lipinski definition) is 3. The Bertz CT molecular complexity index is 1140. The molecule has 0 radical (unpaired) electrons. The average Bonchev–Trinajstić information content (AvgIpc) is 3.50. The number of rotatable bonds is 5. The van der Waals surface area contributed by atoms with E-state index in [0.717, 1.165) is 40.8 Å². The molecular formula is C27H28N4O2. The summed E-state index contributed by atoms with van der Waals surface area (Å²) in [5.74, 6) is 0.591. The van der Waals surface area contributed by atoms with Crippen molar-refractivity contribution < 1.29 is 9.59 Å². The van der Waals surface area contributed by atoms with Gasteiger partial charge in [-0.1, -0.05) is 31.0 Å². The quantitative estimate of drug-likeness (QED) is 0.525. The number of carbonyl (C=O) groups is 2. The summed E-state index contributed by atoms with van der Waals surface area (Å²) in [6.45, 7) is 1.16. The first-order valence-electron chi connectivity index (χ1n) is 11.6. The number of benzene rings is 2. The SMILES string of the molecule is O=C(CC1CCCC1)Nc1ccc(NC(=O)N2Cc3ccc(-c4cccnc4)cc3C2)cc1. The molecule has 33 heavy (non-hydrogen) atoms. The van der Waals surface area contributed by atoms with Gasteiger partial charge in [0.15, 0.2) is 0 Å². The minimum atomic E-state index is -0.132. The van der Waals surface area contributed by atoms with Crippen molar-refractivity contribution in [1.29, 1.82) is 0 Å². The van der Waals surface area contributed by atoms with Crippen molar-refractivity contribution in [2.24, 2.45) is 5.92 Å². The van der Waals surface area contributed by atoms with E-state index in [1.54, 1.807) is 11.1 Å². The van der Waals surface area contributed by atoms with Gasteiger partial charge in [0, 0.05) is 43.3 Å². The summed E-state index contributed by atoms with van der Waals surface area (Å²) in [4.78, 5) is 31.1. The lowest BCUT2D eigenvalue weighted by Crippen LogP contribution is -2.30. The van der Waals surface area contributed by atoms with Gasteiger partial charge in [0.2, 0.25) is 5.91 Å². The van der Waals surface area contributed by atoms with Crippen LogP contribution < -0.4 is 10.6 Å². The zero-order valence-corrected chi connectivity index (χ0v) is 18.6. The Morgan fingerprint density at radius 1 is 0.879 bits per heavy atom. The minimum absolute atomic E-state index is 0.0687. The molecule has 2 aliphatic rings. The molecule has 0 saturated heterocycles. The monoisotopic (exact) mass is 440 g/mol. The first kappa shape index (κ1) is 21.2. The fraction of sp³-hybridized carbons (Fsp3) is 0.296. The molecule has 6 heteroatoms. The van der Waals surface area contributed by atoms with Crippen LogP contribution in [0, 0.1) is 5.92 Å². The highest BCUT2D eigenvalue weighted by Crippen LogP contribution is 2.29. The lowest BCUT2D eigenvalue weighted by molar-refractivity contribution is -0.117. The highest BCUT2D eigenvalue weighted by Gasteiger charge is 2.24. The summed E-state index contributed by atoms with van der Waals surface area (Å²) >= 11 is 0. The van der Waals surface area contributed by atoms with Gasteiger partial charge in [0.05, 0.1) is 0 Å². The maximum atomic E-state index is 12.8. The summed E-state index contributed by atoms with van der Waals surface area (Å²) in [6.07, 6.45) is 8.99. The third-order valence-corrected chi connectivity index (χ3v) is 6.58. The van der Waals surface area contributed by atoms with Crippen molar-refractivity contribution in [3.8, 4) is 11.1 Å². The van der Waals surface area contributed by atoms with Gasteiger partial charge in [0.25, 0.3) is 0 Å². The number of pyridine rings is 1. The van der Waals surface area contributed by atoms with Crippen LogP contribution in [-0.2, 0) is 17.9 Å². The van der Waals surface area contributed by atoms with Gasteiger partial charge < -0.3 is 15.5 Å². The zero-order chi connectivity index (χ0) is 22.6. The summed E-state index contributed by atoms with van der Waals surface area (Å²) in [7, 11) is 0. The molecule has 0 atom stereocenters. The fourth-order valence-electron chi connectivity index (χ4n) is 4.78. The number of nitrogens with zero attached hydrogens (tertiary/aromatic N) is 2. The van der Waals surface area contributed by atoms with E-state index in [0.29, 0.717) is 31.1 Å². The van der Waals surface area contributed by atoms with Gasteiger partial charge in [-0.2, -0.15) is 0 Å². The number of nitrogens with one attached hydrogen (secondary N) is 2. The van der Waals surface area contributed by atoms with Crippen LogP contribution in [-0.4, -0.2) is 21.8 Å². The molecule has 0 spiro atoms. The zero-order valence-electron chi connectivity index (χ0n) is 18.6. The van der Waals surface area contributed by atoms with Gasteiger partial charge in [0.1, 0.15) is 0 Å². The fourth-order valence-corrected chi connectivity index (χ4v) is 4.78. The first-order valence-corrected chi connectivity index (χ1v) is 11.6. The van der Waals surface area contributed by atoms with Crippen LogP contribution in [0.2, 0.25) is 0 Å². The second-order valence-corrected chi connectivity index (χ2v) is 8.99. The second kappa shape index (κ2) is 9.45. The molecule has 5 rings (SSSR count). The van der Waals surface area contributed by atoms with Crippen molar-refractivity contribution in [2.45, 2.75) is 45.2 Å². The molecule has 2 aromatic carbocycles. The Kier molecular flexibility index (Phi) is 6.07. The molecule has 0 bridgehead atoms. The molecule has 1 saturated carbocycles. The predicted molar refractivity (Wildman–Crippen MR) is 130 cm³/mol. The Hall–Kier alpha value is -3.67. The van der Waals surface area contributed by atoms with Gasteiger partial charge in [-0.3, -0.25) is 9.78 Å². The number of fused-ring (bicyclic) bond motifs is 1. The van der Waals surface area contributed by atoms with Crippen molar-refractivity contribution in [1.82, 2.24) is 9.88 Å². The van der Waals surface area contributed by atoms with Gasteiger partial charge in [-0.15, -0.1) is 0 Å². The summed E-state index contributed by atoms with van der Waals surface area (Å²) < 4.78 is 0. The molecule has 2 N–H and O–H groups in total. The molecule has 1 aliphatic heterocycles. The Labute approximate surface area is 194 Å². The first-order chi connectivity index (χ1) is 16.1. The number of carbonyl (C=O) groups excluding carboxylic acids is 2. The van der Waals surface area contributed by atoms with Crippen LogP contribution in [0.3, 0.4) is 0 Å². The van der Waals surface area contributed by atoms with Gasteiger partial charge in [-0.05, 0) is 77.4 Å². The van der Waals surface area contributed by atoms with E-state index in [1.807, 2.05) is 42.6 Å². The predicted octanol–water partition coefficient (Wildman–Crippen LogP) is 5.82. The molecule has 1 aromatic heterocycles. The number of anilines is 2. The van der Waals surface area contributed by atoms with E-state index in [4.69, 9.17) is 0 Å². The van der Waals surface area contributed by atoms with Crippen molar-refractivity contribution in [3.63, 3.8) is 0 Å². The number of hydrogen-bond donors (Lipinski definition) is 2. The summed E-state index contributed by atoms with van der Waals surface area (Å²) in [5.41, 5.74) is 5.96. The third kappa shape index (κ3) is 5.06. The van der Waals surface area contributed by atoms with E-state index >= 15 is 0 Å². The number of urea groups is 1. The highest BCUT2D eigenvalue weighted by atomic mass is 16.2. The van der Waals surface area contributed by atoms with Crippen LogP contribution >= 0.6 is 0 Å². The normalized spacial score (nSPS) is 15.3. The molecule has 1 fully saturated rings. The van der Waals surface area contributed by atoms with E-state index in [9.17, 15) is 9.59 Å². The standard InChI is InChI=1S/C27H28N4O2/c32-26(14-19-4-1-2-5-19)29-24-9-11-25(12-10-24)30-27(33)31-17-22-8-7-20(15-23(22)18-31)21-6-3-13-28-16-21/h3,6-13,15-16,19H,1-2,4-5,14,17-18H2,(H,29,32)(H,30,33). The second-order valence-electron chi connectivity index (χ2n) is 8.99. The number of aromatic nitrogens is 1. The topological polar surface area (TPSA) is 74.3 Å². The minimum Gasteiger partial charge on any atom is -0.326 e. The van der Waals surface area contributed by atoms with E-state index in [-0.39, 0.29) is 11.9 Å². The number of amides is 3. The summed E-state index contributed by atoms with van der Waals surface area (Å²) in [6, 6.07) is 17.5. The molecule has 1 aliphatic carbocycles. The molecule has 3 amide bonds. The van der Waals surface area contributed by atoms with E-state index in [2.05, 4.69) is 33.8 Å². The largest absolute Gasteiger partial charge is 0.326 e. The third-order valence-electron chi connectivity index (χ3n) is 6.58. The van der Waals surface area contributed by atoms with Crippen LogP contribution in [0.4, 0.5) is 16.2 Å².